The number of rotatable bonds is 3. The largest absolute Gasteiger partial charge is 0.279 e. The fourth-order valence-corrected chi connectivity index (χ4v) is 5.16. The van der Waals surface area contributed by atoms with Crippen molar-refractivity contribution in [3.63, 3.8) is 0 Å². The molecule has 3 nitrogen and oxygen atoms in total. The van der Waals surface area contributed by atoms with Crippen LogP contribution in [0.2, 0.25) is 0 Å². The highest BCUT2D eigenvalue weighted by molar-refractivity contribution is 14.1. The molecule has 2 rings (SSSR count). The summed E-state index contributed by atoms with van der Waals surface area (Å²) in [5.41, 5.74) is 0.567. The zero-order valence-corrected chi connectivity index (χ0v) is 13.7. The van der Waals surface area contributed by atoms with Gasteiger partial charge in [-0.1, -0.05) is 6.07 Å². The fourth-order valence-electron chi connectivity index (χ4n) is 1.23. The third-order valence-electron chi connectivity index (χ3n) is 1.91. The topological polar surface area (TPSA) is 46.2 Å². The van der Waals surface area contributed by atoms with E-state index in [0.717, 1.165) is 3.57 Å². The van der Waals surface area contributed by atoms with Crippen LogP contribution in [0, 0.1) is 3.57 Å². The van der Waals surface area contributed by atoms with Gasteiger partial charge in [0.25, 0.3) is 10.0 Å². The van der Waals surface area contributed by atoms with E-state index in [0.29, 0.717) is 10.2 Å². The molecule has 1 aromatic carbocycles. The molecule has 2 aromatic rings. The molecular weight excluding hydrogens is 437 g/mol. The summed E-state index contributed by atoms with van der Waals surface area (Å²) in [5, 5.41) is 1.73. The summed E-state index contributed by atoms with van der Waals surface area (Å²) >= 11 is 6.54. The summed E-state index contributed by atoms with van der Waals surface area (Å²) in [6, 6.07) is 8.93. The van der Waals surface area contributed by atoms with Crippen LogP contribution in [-0.2, 0) is 10.0 Å². The Morgan fingerprint density at radius 3 is 2.65 bits per heavy atom. The molecule has 7 heteroatoms. The first kappa shape index (κ1) is 13.3. The molecule has 1 heterocycles. The van der Waals surface area contributed by atoms with Crippen LogP contribution >= 0.6 is 49.9 Å². The molecule has 0 atom stereocenters. The lowest BCUT2D eigenvalue weighted by atomic mass is 10.3. The van der Waals surface area contributed by atoms with E-state index in [1.54, 1.807) is 23.6 Å². The van der Waals surface area contributed by atoms with E-state index in [9.17, 15) is 8.42 Å². The number of hydrogen-bond donors (Lipinski definition) is 1. The number of nitrogens with one attached hydrogen (secondary N) is 1. The quantitative estimate of drug-likeness (QED) is 0.731. The molecule has 0 aliphatic rings. The molecule has 0 saturated carbocycles. The van der Waals surface area contributed by atoms with Crippen molar-refractivity contribution in [2.24, 2.45) is 0 Å². The lowest BCUT2D eigenvalue weighted by molar-refractivity contribution is 0.603. The smallest absolute Gasteiger partial charge is 0.272 e. The van der Waals surface area contributed by atoms with Gasteiger partial charge >= 0.3 is 0 Å². The third kappa shape index (κ3) is 3.21. The predicted molar refractivity (Wildman–Crippen MR) is 82.0 cm³/mol. The second-order valence-corrected chi connectivity index (χ2v) is 8.07. The molecule has 17 heavy (non-hydrogen) atoms. The van der Waals surface area contributed by atoms with Gasteiger partial charge in [-0.15, -0.1) is 11.3 Å². The van der Waals surface area contributed by atoms with Crippen LogP contribution in [0.25, 0.3) is 0 Å². The van der Waals surface area contributed by atoms with Gasteiger partial charge in [-0.2, -0.15) is 0 Å². The van der Waals surface area contributed by atoms with Gasteiger partial charge in [0.05, 0.1) is 0 Å². The highest BCUT2D eigenvalue weighted by Gasteiger charge is 2.19. The molecule has 0 amide bonds. The highest BCUT2D eigenvalue weighted by atomic mass is 127. The molecule has 0 aliphatic heterocycles. The summed E-state index contributed by atoms with van der Waals surface area (Å²) in [4.78, 5) is 0. The third-order valence-corrected chi connectivity index (χ3v) is 6.63. The van der Waals surface area contributed by atoms with E-state index in [1.165, 1.54) is 11.3 Å². The van der Waals surface area contributed by atoms with Crippen LogP contribution in [0.5, 0.6) is 0 Å². The SMILES string of the molecule is O=S(=O)(Nc1cccc(I)c1)c1sccc1Br. The molecule has 0 unspecified atom stereocenters. The predicted octanol–water partition coefficient (Wildman–Crippen LogP) is 3.92. The molecule has 0 bridgehead atoms. The maximum atomic E-state index is 12.1. The number of sulfonamides is 1. The van der Waals surface area contributed by atoms with E-state index < -0.39 is 10.0 Å². The Kier molecular flexibility index (Phi) is 4.11. The van der Waals surface area contributed by atoms with Crippen LogP contribution in [0.4, 0.5) is 5.69 Å². The first-order valence-electron chi connectivity index (χ1n) is 4.50. The van der Waals surface area contributed by atoms with Crippen molar-refractivity contribution in [1.29, 1.82) is 0 Å². The van der Waals surface area contributed by atoms with E-state index in [4.69, 9.17) is 0 Å². The highest BCUT2D eigenvalue weighted by Crippen LogP contribution is 2.29. The first-order valence-corrected chi connectivity index (χ1v) is 8.74. The number of halogens is 2. The van der Waals surface area contributed by atoms with Crippen LogP contribution in [0.3, 0.4) is 0 Å². The first-order chi connectivity index (χ1) is 7.99. The summed E-state index contributed by atoms with van der Waals surface area (Å²) < 4.78 is 28.5. The molecule has 0 radical (unpaired) electrons. The van der Waals surface area contributed by atoms with Crippen LogP contribution in [-0.4, -0.2) is 8.42 Å². The molecule has 0 fully saturated rings. The van der Waals surface area contributed by atoms with E-state index in [2.05, 4.69) is 43.2 Å². The van der Waals surface area contributed by atoms with Crippen LogP contribution in [0.1, 0.15) is 0 Å². The van der Waals surface area contributed by atoms with E-state index in [1.807, 2.05) is 12.1 Å². The standard InChI is InChI=1S/C10H7BrINO2S2/c11-9-4-5-16-10(9)17(14,15)13-8-3-1-2-7(12)6-8/h1-6,13H. The number of hydrogen-bond acceptors (Lipinski definition) is 3. The fraction of sp³-hybridized carbons (Fsp3) is 0. The van der Waals surface area contributed by atoms with Gasteiger partial charge in [0.1, 0.15) is 0 Å². The Morgan fingerprint density at radius 2 is 2.06 bits per heavy atom. The molecule has 0 aliphatic carbocycles. The minimum Gasteiger partial charge on any atom is -0.279 e. The Morgan fingerprint density at radius 1 is 1.29 bits per heavy atom. The molecule has 1 N–H and O–H groups in total. The van der Waals surface area contributed by atoms with Crippen LogP contribution < -0.4 is 4.72 Å². The van der Waals surface area contributed by atoms with Gasteiger partial charge < -0.3 is 0 Å². The maximum absolute atomic E-state index is 12.1. The molecular formula is C10H7BrINO2S2. The second-order valence-electron chi connectivity index (χ2n) is 3.17. The van der Waals surface area contributed by atoms with Crippen molar-refractivity contribution in [3.05, 3.63) is 43.8 Å². The summed E-state index contributed by atoms with van der Waals surface area (Å²) in [7, 11) is -3.50. The molecule has 0 saturated heterocycles. The lowest BCUT2D eigenvalue weighted by Gasteiger charge is -2.06. The van der Waals surface area contributed by atoms with Crippen LogP contribution in [0.15, 0.2) is 44.4 Å². The summed E-state index contributed by atoms with van der Waals surface area (Å²) in [5.74, 6) is 0. The van der Waals surface area contributed by atoms with Crippen molar-refractivity contribution in [3.8, 4) is 0 Å². The van der Waals surface area contributed by atoms with E-state index in [-0.39, 0.29) is 4.21 Å². The van der Waals surface area contributed by atoms with Gasteiger partial charge in [0, 0.05) is 13.7 Å². The molecule has 90 valence electrons. The average Bonchev–Trinajstić information content (AvgIpc) is 2.64. The van der Waals surface area contributed by atoms with Crippen molar-refractivity contribution < 1.29 is 8.42 Å². The second kappa shape index (κ2) is 5.25. The summed E-state index contributed by atoms with van der Waals surface area (Å²) in [6.07, 6.45) is 0. The Labute approximate surface area is 126 Å². The Hall–Kier alpha value is -0.120. The summed E-state index contributed by atoms with van der Waals surface area (Å²) in [6.45, 7) is 0. The van der Waals surface area contributed by atoms with Crippen molar-refractivity contribution in [2.45, 2.75) is 4.21 Å². The zero-order chi connectivity index (χ0) is 12.5. The van der Waals surface area contributed by atoms with Gasteiger partial charge in [0.2, 0.25) is 0 Å². The van der Waals surface area contributed by atoms with Gasteiger partial charge in [-0.3, -0.25) is 4.72 Å². The number of benzene rings is 1. The normalized spacial score (nSPS) is 11.4. The van der Waals surface area contributed by atoms with Gasteiger partial charge in [-0.05, 0) is 68.2 Å². The monoisotopic (exact) mass is 443 g/mol. The van der Waals surface area contributed by atoms with Gasteiger partial charge in [-0.25, -0.2) is 8.42 Å². The zero-order valence-electron chi connectivity index (χ0n) is 8.35. The maximum Gasteiger partial charge on any atom is 0.272 e. The van der Waals surface area contributed by atoms with E-state index >= 15 is 0 Å². The van der Waals surface area contributed by atoms with Gasteiger partial charge in [0.15, 0.2) is 4.21 Å². The molecule has 1 aromatic heterocycles. The molecule has 0 spiro atoms. The number of thiophene rings is 1. The number of anilines is 1. The van der Waals surface area contributed by atoms with Crippen molar-refractivity contribution in [2.75, 3.05) is 4.72 Å². The minimum absolute atomic E-state index is 0.288. The van der Waals surface area contributed by atoms with Crippen molar-refractivity contribution >= 4 is 65.6 Å². The Balaban J connectivity index is 2.33. The lowest BCUT2D eigenvalue weighted by Crippen LogP contribution is -2.11. The average molecular weight is 444 g/mol. The van der Waals surface area contributed by atoms with Crippen molar-refractivity contribution in [1.82, 2.24) is 0 Å². The Bertz CT molecular complexity index is 639. The minimum atomic E-state index is -3.50.